The van der Waals surface area contributed by atoms with Gasteiger partial charge in [-0.05, 0) is 6.42 Å². The quantitative estimate of drug-likeness (QED) is 0.682. The molecule has 1 unspecified atom stereocenters. The fraction of sp³-hybridized carbons (Fsp3) is 0.857. The van der Waals surface area contributed by atoms with Gasteiger partial charge >= 0.3 is 0 Å². The van der Waals surface area contributed by atoms with E-state index >= 15 is 0 Å². The van der Waals surface area contributed by atoms with Gasteiger partial charge in [-0.1, -0.05) is 31.5 Å². The van der Waals surface area contributed by atoms with Crippen molar-refractivity contribution in [2.24, 2.45) is 0 Å². The molecule has 0 spiro atoms. The Bertz CT molecular complexity index is 127. The standard InChI is InChI=1S/C7H13NOS/c1-2-3-4-6-5-8-7(9)10-6/h6H,2-5H2,1H3,(H,8,9). The molecule has 1 aliphatic rings. The number of hydrogen-bond acceptors (Lipinski definition) is 2. The first kappa shape index (κ1) is 7.92. The Hall–Kier alpha value is -0.180. The second-order valence-electron chi connectivity index (χ2n) is 2.55. The molecule has 1 rings (SSSR count). The third-order valence-corrected chi connectivity index (χ3v) is 2.72. The van der Waals surface area contributed by atoms with E-state index in [2.05, 4.69) is 12.2 Å². The van der Waals surface area contributed by atoms with Crippen LogP contribution in [0.4, 0.5) is 4.79 Å². The predicted molar refractivity (Wildman–Crippen MR) is 44.3 cm³/mol. The molecule has 1 saturated heterocycles. The lowest BCUT2D eigenvalue weighted by Gasteiger charge is -2.02. The van der Waals surface area contributed by atoms with Crippen molar-refractivity contribution in [1.82, 2.24) is 5.32 Å². The fourth-order valence-electron chi connectivity index (χ4n) is 1.02. The minimum Gasteiger partial charge on any atom is -0.346 e. The van der Waals surface area contributed by atoms with E-state index in [4.69, 9.17) is 0 Å². The average molecular weight is 159 g/mol. The molecule has 1 fully saturated rings. The summed E-state index contributed by atoms with van der Waals surface area (Å²) in [6, 6.07) is 0. The molecule has 1 amide bonds. The average Bonchev–Trinajstić information content (AvgIpc) is 2.31. The van der Waals surface area contributed by atoms with Gasteiger partial charge in [0.2, 0.25) is 0 Å². The number of thioether (sulfide) groups is 1. The minimum atomic E-state index is 0.154. The number of hydrogen-bond donors (Lipinski definition) is 1. The van der Waals surface area contributed by atoms with Crippen LogP contribution < -0.4 is 5.32 Å². The fourth-order valence-corrected chi connectivity index (χ4v) is 1.95. The maximum atomic E-state index is 10.7. The highest BCUT2D eigenvalue weighted by Gasteiger charge is 2.20. The van der Waals surface area contributed by atoms with Crippen LogP contribution in [0.25, 0.3) is 0 Å². The molecule has 0 saturated carbocycles. The van der Waals surface area contributed by atoms with Crippen molar-refractivity contribution >= 4 is 17.0 Å². The van der Waals surface area contributed by atoms with Crippen LogP contribution >= 0.6 is 11.8 Å². The van der Waals surface area contributed by atoms with Gasteiger partial charge in [0.25, 0.3) is 5.24 Å². The molecule has 3 heteroatoms. The van der Waals surface area contributed by atoms with E-state index in [0.717, 1.165) is 6.54 Å². The van der Waals surface area contributed by atoms with E-state index in [1.165, 1.54) is 31.0 Å². The van der Waals surface area contributed by atoms with Crippen molar-refractivity contribution in [3.63, 3.8) is 0 Å². The maximum Gasteiger partial charge on any atom is 0.279 e. The molecule has 2 nitrogen and oxygen atoms in total. The number of rotatable bonds is 3. The van der Waals surface area contributed by atoms with Crippen LogP contribution in [-0.2, 0) is 0 Å². The molecule has 1 aliphatic heterocycles. The second kappa shape index (κ2) is 3.86. The third kappa shape index (κ3) is 2.21. The van der Waals surface area contributed by atoms with Gasteiger partial charge < -0.3 is 5.32 Å². The van der Waals surface area contributed by atoms with E-state index in [0.29, 0.717) is 5.25 Å². The molecule has 0 aliphatic carbocycles. The van der Waals surface area contributed by atoms with Gasteiger partial charge in [0.05, 0.1) is 0 Å². The largest absolute Gasteiger partial charge is 0.346 e. The van der Waals surface area contributed by atoms with Crippen LogP contribution in [-0.4, -0.2) is 17.0 Å². The monoisotopic (exact) mass is 159 g/mol. The zero-order chi connectivity index (χ0) is 7.40. The van der Waals surface area contributed by atoms with Gasteiger partial charge in [-0.2, -0.15) is 0 Å². The van der Waals surface area contributed by atoms with Gasteiger partial charge in [-0.15, -0.1) is 0 Å². The molecule has 0 bridgehead atoms. The predicted octanol–water partition coefficient (Wildman–Crippen LogP) is 2.00. The molecule has 1 N–H and O–H groups in total. The number of carbonyl (C=O) groups is 1. The van der Waals surface area contributed by atoms with E-state index in [1.807, 2.05) is 0 Å². The van der Waals surface area contributed by atoms with Gasteiger partial charge in [0, 0.05) is 11.8 Å². The zero-order valence-electron chi connectivity index (χ0n) is 6.22. The second-order valence-corrected chi connectivity index (χ2v) is 3.82. The van der Waals surface area contributed by atoms with Crippen molar-refractivity contribution in [2.75, 3.05) is 6.54 Å². The first-order valence-corrected chi connectivity index (χ1v) is 4.65. The van der Waals surface area contributed by atoms with Crippen molar-refractivity contribution in [2.45, 2.75) is 31.4 Å². The molecular formula is C7H13NOS. The SMILES string of the molecule is CCCCC1CNC(=O)S1. The van der Waals surface area contributed by atoms with Crippen molar-refractivity contribution in [1.29, 1.82) is 0 Å². The molecule has 1 atom stereocenters. The van der Waals surface area contributed by atoms with Crippen LogP contribution in [0.5, 0.6) is 0 Å². The van der Waals surface area contributed by atoms with Crippen LogP contribution in [0.15, 0.2) is 0 Å². The summed E-state index contributed by atoms with van der Waals surface area (Å²) in [5, 5.41) is 3.50. The minimum absolute atomic E-state index is 0.154. The smallest absolute Gasteiger partial charge is 0.279 e. The van der Waals surface area contributed by atoms with E-state index < -0.39 is 0 Å². The molecule has 0 aromatic heterocycles. The van der Waals surface area contributed by atoms with Gasteiger partial charge in [0.15, 0.2) is 0 Å². The molecular weight excluding hydrogens is 146 g/mol. The summed E-state index contributed by atoms with van der Waals surface area (Å²) in [5.74, 6) is 0. The first-order chi connectivity index (χ1) is 4.83. The summed E-state index contributed by atoms with van der Waals surface area (Å²) >= 11 is 1.46. The van der Waals surface area contributed by atoms with Gasteiger partial charge in [0.1, 0.15) is 0 Å². The first-order valence-electron chi connectivity index (χ1n) is 3.77. The Balaban J connectivity index is 2.12. The third-order valence-electron chi connectivity index (χ3n) is 1.63. The Morgan fingerprint density at radius 1 is 1.80 bits per heavy atom. The van der Waals surface area contributed by atoms with Crippen LogP contribution in [0.1, 0.15) is 26.2 Å². The van der Waals surface area contributed by atoms with Crippen LogP contribution in [0.3, 0.4) is 0 Å². The lowest BCUT2D eigenvalue weighted by molar-refractivity contribution is 0.262. The van der Waals surface area contributed by atoms with E-state index in [-0.39, 0.29) is 5.24 Å². The van der Waals surface area contributed by atoms with E-state index in [1.54, 1.807) is 0 Å². The Labute approximate surface area is 65.8 Å². The van der Waals surface area contributed by atoms with Crippen LogP contribution in [0, 0.1) is 0 Å². The topological polar surface area (TPSA) is 29.1 Å². The highest BCUT2D eigenvalue weighted by Crippen LogP contribution is 2.21. The highest BCUT2D eigenvalue weighted by atomic mass is 32.2. The summed E-state index contributed by atoms with van der Waals surface area (Å²) < 4.78 is 0. The molecule has 10 heavy (non-hydrogen) atoms. The zero-order valence-corrected chi connectivity index (χ0v) is 7.04. The Morgan fingerprint density at radius 2 is 2.60 bits per heavy atom. The summed E-state index contributed by atoms with van der Waals surface area (Å²) in [4.78, 5) is 10.7. The normalized spacial score (nSPS) is 24.9. The lowest BCUT2D eigenvalue weighted by atomic mass is 10.2. The summed E-state index contributed by atoms with van der Waals surface area (Å²) in [5.41, 5.74) is 0. The van der Waals surface area contributed by atoms with Crippen molar-refractivity contribution < 1.29 is 4.79 Å². The maximum absolute atomic E-state index is 10.7. The Morgan fingerprint density at radius 3 is 3.10 bits per heavy atom. The number of carbonyl (C=O) groups excluding carboxylic acids is 1. The highest BCUT2D eigenvalue weighted by molar-refractivity contribution is 8.14. The number of unbranched alkanes of at least 4 members (excludes halogenated alkanes) is 1. The molecule has 0 aromatic rings. The summed E-state index contributed by atoms with van der Waals surface area (Å²) in [6.07, 6.45) is 3.65. The Kier molecular flexibility index (Phi) is 3.06. The van der Waals surface area contributed by atoms with Crippen molar-refractivity contribution in [3.05, 3.63) is 0 Å². The van der Waals surface area contributed by atoms with Gasteiger partial charge in [-0.25, -0.2) is 0 Å². The molecule has 1 heterocycles. The molecule has 0 radical (unpaired) electrons. The van der Waals surface area contributed by atoms with E-state index in [9.17, 15) is 4.79 Å². The van der Waals surface area contributed by atoms with Crippen LogP contribution in [0.2, 0.25) is 0 Å². The molecule has 0 aromatic carbocycles. The number of nitrogens with one attached hydrogen (secondary N) is 1. The summed E-state index contributed by atoms with van der Waals surface area (Å²) in [6.45, 7) is 3.05. The summed E-state index contributed by atoms with van der Waals surface area (Å²) in [7, 11) is 0. The number of amides is 1. The molecule has 58 valence electrons. The van der Waals surface area contributed by atoms with Gasteiger partial charge in [-0.3, -0.25) is 4.79 Å². The lowest BCUT2D eigenvalue weighted by Crippen LogP contribution is -2.14. The van der Waals surface area contributed by atoms with Crippen molar-refractivity contribution in [3.8, 4) is 0 Å².